The third kappa shape index (κ3) is 9.25. The third-order valence-corrected chi connectivity index (χ3v) is 1.50. The Labute approximate surface area is 75.2 Å². The first-order valence-electron chi connectivity index (χ1n) is 2.06. The molecule has 0 saturated carbocycles. The summed E-state index contributed by atoms with van der Waals surface area (Å²) >= 11 is 0. The van der Waals surface area contributed by atoms with E-state index in [1.54, 1.807) is 0 Å². The normalized spacial score (nSPS) is 9.00. The molecule has 0 bridgehead atoms. The Kier molecular flexibility index (Phi) is 17.7. The standard InChI is InChI=1S/C4H11P.Pr/c1-3-4-5-2;/h5H,3-4H2,1-2H3;. The summed E-state index contributed by atoms with van der Waals surface area (Å²) in [6, 6.07) is 0. The summed E-state index contributed by atoms with van der Waals surface area (Å²) in [6.45, 7) is 4.46. The van der Waals surface area contributed by atoms with Gasteiger partial charge in [-0.15, -0.1) is 8.58 Å². The predicted octanol–water partition coefficient (Wildman–Crippen LogP) is 1.70. The van der Waals surface area contributed by atoms with Crippen LogP contribution in [0.2, 0.25) is 0 Å². The summed E-state index contributed by atoms with van der Waals surface area (Å²) in [7, 11) is 1.16. The van der Waals surface area contributed by atoms with Gasteiger partial charge >= 0.3 is 0 Å². The Hall–Kier alpha value is 1.79. The summed E-state index contributed by atoms with van der Waals surface area (Å²) in [4.78, 5) is 0. The first-order valence-corrected chi connectivity index (χ1v) is 3.77. The average molecular weight is 231 g/mol. The zero-order chi connectivity index (χ0) is 4.12. The van der Waals surface area contributed by atoms with Crippen molar-refractivity contribution in [3.8, 4) is 0 Å². The molecule has 0 aliphatic carbocycles. The van der Waals surface area contributed by atoms with Crippen LogP contribution in [0.25, 0.3) is 0 Å². The Morgan fingerprint density at radius 1 is 1.50 bits per heavy atom. The van der Waals surface area contributed by atoms with Gasteiger partial charge in [0.15, 0.2) is 0 Å². The molecule has 2 heteroatoms. The molecule has 0 aromatic heterocycles. The summed E-state index contributed by atoms with van der Waals surface area (Å²) in [5.41, 5.74) is 0. The molecule has 0 fully saturated rings. The van der Waals surface area contributed by atoms with Crippen LogP contribution < -0.4 is 0 Å². The SMILES string of the molecule is CCCPC.[Pr]. The first kappa shape index (κ1) is 10.7. The largest absolute Gasteiger partial charge is 0.125 e. The Bertz CT molecular complexity index is 15.0. The van der Waals surface area contributed by atoms with Crippen LogP contribution in [0, 0.1) is 41.3 Å². The van der Waals surface area contributed by atoms with Crippen LogP contribution >= 0.6 is 8.58 Å². The predicted molar refractivity (Wildman–Crippen MR) is 29.4 cm³/mol. The molecule has 0 rings (SSSR count). The molecule has 1 unspecified atom stereocenters. The zero-order valence-electron chi connectivity index (χ0n) is 4.49. The number of hydrogen-bond acceptors (Lipinski definition) is 0. The molecule has 35 valence electrons. The van der Waals surface area contributed by atoms with Crippen LogP contribution in [0.4, 0.5) is 0 Å². The van der Waals surface area contributed by atoms with Crippen molar-refractivity contribution in [2.24, 2.45) is 0 Å². The number of hydrogen-bond donors (Lipinski definition) is 0. The number of rotatable bonds is 2. The van der Waals surface area contributed by atoms with E-state index >= 15 is 0 Å². The van der Waals surface area contributed by atoms with E-state index < -0.39 is 0 Å². The van der Waals surface area contributed by atoms with Crippen LogP contribution in [0.5, 0.6) is 0 Å². The van der Waals surface area contributed by atoms with E-state index in [0.717, 1.165) is 8.58 Å². The van der Waals surface area contributed by atoms with Crippen molar-refractivity contribution >= 4 is 8.58 Å². The van der Waals surface area contributed by atoms with E-state index in [2.05, 4.69) is 13.6 Å². The van der Waals surface area contributed by atoms with Crippen LogP contribution in [0.1, 0.15) is 13.3 Å². The van der Waals surface area contributed by atoms with Gasteiger partial charge < -0.3 is 0 Å². The van der Waals surface area contributed by atoms with Crippen molar-refractivity contribution in [3.05, 3.63) is 0 Å². The monoisotopic (exact) mass is 231 g/mol. The van der Waals surface area contributed by atoms with Crippen molar-refractivity contribution in [1.82, 2.24) is 0 Å². The van der Waals surface area contributed by atoms with E-state index in [9.17, 15) is 0 Å². The van der Waals surface area contributed by atoms with Gasteiger partial charge in [-0.2, -0.15) is 0 Å². The summed E-state index contributed by atoms with van der Waals surface area (Å²) in [6.07, 6.45) is 2.77. The fraction of sp³-hybridized carbons (Fsp3) is 1.00. The maximum absolute atomic E-state index is 2.24. The van der Waals surface area contributed by atoms with Gasteiger partial charge in [0.2, 0.25) is 0 Å². The van der Waals surface area contributed by atoms with E-state index in [1.165, 1.54) is 12.6 Å². The van der Waals surface area contributed by atoms with Gasteiger partial charge in [0.1, 0.15) is 0 Å². The molecular formula is C4H11PPr. The maximum Gasteiger partial charge on any atom is 0 e. The molecular weight excluding hydrogens is 220 g/mol. The third-order valence-electron chi connectivity index (χ3n) is 0.500. The Morgan fingerprint density at radius 3 is 2.00 bits per heavy atom. The molecule has 0 spiro atoms. The molecule has 0 heterocycles. The van der Waals surface area contributed by atoms with Gasteiger partial charge in [-0.05, 0) is 12.8 Å². The Balaban J connectivity index is 0. The maximum atomic E-state index is 2.24. The van der Waals surface area contributed by atoms with Crippen molar-refractivity contribution in [1.29, 1.82) is 0 Å². The van der Waals surface area contributed by atoms with E-state index in [0.29, 0.717) is 0 Å². The van der Waals surface area contributed by atoms with Crippen molar-refractivity contribution in [2.75, 3.05) is 12.8 Å². The second-order valence-electron chi connectivity index (χ2n) is 1.10. The molecule has 0 aromatic carbocycles. The van der Waals surface area contributed by atoms with Gasteiger partial charge in [-0.3, -0.25) is 0 Å². The molecule has 0 saturated heterocycles. The van der Waals surface area contributed by atoms with Crippen LogP contribution in [-0.2, 0) is 0 Å². The molecule has 6 heavy (non-hydrogen) atoms. The van der Waals surface area contributed by atoms with Crippen LogP contribution in [0.15, 0.2) is 0 Å². The molecule has 0 aliphatic heterocycles. The summed E-state index contributed by atoms with van der Waals surface area (Å²) in [5, 5.41) is 0. The minimum atomic E-state index is 0. The molecule has 1 atom stereocenters. The van der Waals surface area contributed by atoms with Gasteiger partial charge in [-0.25, -0.2) is 0 Å². The summed E-state index contributed by atoms with van der Waals surface area (Å²) < 4.78 is 0. The minimum absolute atomic E-state index is 0. The molecule has 0 aromatic rings. The molecule has 0 N–H and O–H groups in total. The molecule has 1 radical (unpaired) electrons. The van der Waals surface area contributed by atoms with E-state index in [1.807, 2.05) is 0 Å². The van der Waals surface area contributed by atoms with E-state index in [4.69, 9.17) is 0 Å². The van der Waals surface area contributed by atoms with Crippen LogP contribution in [0.3, 0.4) is 0 Å². The molecule has 0 amide bonds. The Morgan fingerprint density at radius 2 is 2.00 bits per heavy atom. The summed E-state index contributed by atoms with van der Waals surface area (Å²) in [5.74, 6) is 0. The fourth-order valence-electron chi connectivity index (χ4n) is 0.250. The zero-order valence-corrected chi connectivity index (χ0v) is 9.20. The second-order valence-corrected chi connectivity index (χ2v) is 2.31. The topological polar surface area (TPSA) is 0 Å². The van der Waals surface area contributed by atoms with E-state index in [-0.39, 0.29) is 41.3 Å². The van der Waals surface area contributed by atoms with Crippen molar-refractivity contribution in [3.63, 3.8) is 0 Å². The van der Waals surface area contributed by atoms with Gasteiger partial charge in [0.05, 0.1) is 0 Å². The quantitative estimate of drug-likeness (QED) is 0.634. The van der Waals surface area contributed by atoms with Gasteiger partial charge in [0, 0.05) is 41.3 Å². The minimum Gasteiger partial charge on any atom is -0.125 e. The fourth-order valence-corrected chi connectivity index (χ4v) is 0.750. The molecule has 0 nitrogen and oxygen atoms in total. The second kappa shape index (κ2) is 9.92. The smallest absolute Gasteiger partial charge is 0 e. The van der Waals surface area contributed by atoms with Crippen molar-refractivity contribution < 1.29 is 41.3 Å². The van der Waals surface area contributed by atoms with Gasteiger partial charge in [-0.1, -0.05) is 13.3 Å². The van der Waals surface area contributed by atoms with Crippen molar-refractivity contribution in [2.45, 2.75) is 13.3 Å². The average Bonchev–Trinajstić information content (AvgIpc) is 1.41. The van der Waals surface area contributed by atoms with Gasteiger partial charge in [0.25, 0.3) is 0 Å². The molecule has 0 aliphatic rings. The first-order chi connectivity index (χ1) is 2.41. The van der Waals surface area contributed by atoms with Crippen LogP contribution in [-0.4, -0.2) is 12.8 Å².